The SMILES string of the molecule is C#CC1([Si](C)(C)C)CC1. The molecule has 0 aromatic carbocycles. The van der Waals surface area contributed by atoms with E-state index in [-0.39, 0.29) is 0 Å². The van der Waals surface area contributed by atoms with Crippen molar-refractivity contribution in [1.29, 1.82) is 0 Å². The monoisotopic (exact) mass is 138 g/mol. The minimum Gasteiger partial charge on any atom is -0.120 e. The molecule has 1 saturated carbocycles. The van der Waals surface area contributed by atoms with Crippen molar-refractivity contribution in [3.63, 3.8) is 0 Å². The third-order valence-corrected chi connectivity index (χ3v) is 5.98. The molecule has 0 aromatic heterocycles. The molecule has 0 amide bonds. The fraction of sp³-hybridized carbons (Fsp3) is 0.750. The Morgan fingerprint density at radius 2 is 1.78 bits per heavy atom. The summed E-state index contributed by atoms with van der Waals surface area (Å²) in [5, 5.41) is 0.396. The lowest BCUT2D eigenvalue weighted by Crippen LogP contribution is -2.28. The first kappa shape index (κ1) is 6.89. The lowest BCUT2D eigenvalue weighted by atomic mass is 10.4. The van der Waals surface area contributed by atoms with Crippen LogP contribution in [-0.2, 0) is 0 Å². The average Bonchev–Trinajstić information content (AvgIpc) is 2.40. The molecule has 9 heavy (non-hydrogen) atoms. The normalized spacial score (nSPS) is 22.9. The zero-order valence-corrected chi connectivity index (χ0v) is 7.49. The van der Waals surface area contributed by atoms with Crippen LogP contribution >= 0.6 is 0 Å². The van der Waals surface area contributed by atoms with Gasteiger partial charge >= 0.3 is 0 Å². The molecule has 0 unspecified atom stereocenters. The van der Waals surface area contributed by atoms with Gasteiger partial charge in [0.1, 0.15) is 0 Å². The van der Waals surface area contributed by atoms with Gasteiger partial charge in [0.2, 0.25) is 0 Å². The van der Waals surface area contributed by atoms with Crippen molar-refractivity contribution in [3.05, 3.63) is 0 Å². The van der Waals surface area contributed by atoms with E-state index in [2.05, 4.69) is 25.6 Å². The summed E-state index contributed by atoms with van der Waals surface area (Å²) < 4.78 is 0. The number of rotatable bonds is 1. The topological polar surface area (TPSA) is 0 Å². The molecule has 0 atom stereocenters. The van der Waals surface area contributed by atoms with Crippen molar-refractivity contribution in [1.82, 2.24) is 0 Å². The predicted molar refractivity (Wildman–Crippen MR) is 44.1 cm³/mol. The molecule has 1 heteroatoms. The summed E-state index contributed by atoms with van der Waals surface area (Å²) >= 11 is 0. The highest BCUT2D eigenvalue weighted by Gasteiger charge is 2.51. The van der Waals surface area contributed by atoms with Crippen LogP contribution in [0.1, 0.15) is 12.8 Å². The van der Waals surface area contributed by atoms with Crippen LogP contribution in [0, 0.1) is 12.3 Å². The van der Waals surface area contributed by atoms with Crippen molar-refractivity contribution in [3.8, 4) is 12.3 Å². The van der Waals surface area contributed by atoms with Crippen LogP contribution in [0.5, 0.6) is 0 Å². The summed E-state index contributed by atoms with van der Waals surface area (Å²) in [4.78, 5) is 0. The van der Waals surface area contributed by atoms with Crippen LogP contribution in [0.25, 0.3) is 0 Å². The summed E-state index contributed by atoms with van der Waals surface area (Å²) in [6.45, 7) is 7.08. The number of hydrogen-bond acceptors (Lipinski definition) is 0. The van der Waals surface area contributed by atoms with E-state index in [4.69, 9.17) is 6.42 Å². The van der Waals surface area contributed by atoms with Crippen molar-refractivity contribution >= 4 is 8.07 Å². The van der Waals surface area contributed by atoms with Gasteiger partial charge in [-0.15, -0.1) is 12.3 Å². The minimum atomic E-state index is -1.01. The largest absolute Gasteiger partial charge is 0.120 e. The molecule has 1 aliphatic carbocycles. The highest BCUT2D eigenvalue weighted by atomic mass is 28.3. The Morgan fingerprint density at radius 1 is 1.33 bits per heavy atom. The number of terminal acetylenes is 1. The molecule has 0 aromatic rings. The summed E-state index contributed by atoms with van der Waals surface area (Å²) in [5.41, 5.74) is 0. The van der Waals surface area contributed by atoms with Gasteiger partial charge < -0.3 is 0 Å². The smallest absolute Gasteiger partial charge is 0.0651 e. The van der Waals surface area contributed by atoms with Gasteiger partial charge in [-0.1, -0.05) is 19.6 Å². The van der Waals surface area contributed by atoms with Gasteiger partial charge in [-0.05, 0) is 12.8 Å². The molecular weight excluding hydrogens is 124 g/mol. The van der Waals surface area contributed by atoms with Crippen molar-refractivity contribution in [2.24, 2.45) is 0 Å². The van der Waals surface area contributed by atoms with E-state index in [1.54, 1.807) is 0 Å². The van der Waals surface area contributed by atoms with Crippen LogP contribution in [0.2, 0.25) is 24.7 Å². The van der Waals surface area contributed by atoms with Crippen LogP contribution < -0.4 is 0 Å². The van der Waals surface area contributed by atoms with Gasteiger partial charge in [0, 0.05) is 5.04 Å². The van der Waals surface area contributed by atoms with E-state index >= 15 is 0 Å². The van der Waals surface area contributed by atoms with E-state index in [0.717, 1.165) is 0 Å². The molecule has 0 N–H and O–H groups in total. The zero-order chi connectivity index (χ0) is 7.12. The molecule has 1 rings (SSSR count). The maximum absolute atomic E-state index is 5.44. The van der Waals surface area contributed by atoms with E-state index in [1.807, 2.05) is 0 Å². The van der Waals surface area contributed by atoms with E-state index in [0.29, 0.717) is 5.04 Å². The Bertz CT molecular complexity index is 152. The van der Waals surface area contributed by atoms with Crippen LogP contribution in [-0.4, -0.2) is 8.07 Å². The molecule has 1 fully saturated rings. The second kappa shape index (κ2) is 1.64. The molecule has 0 nitrogen and oxygen atoms in total. The summed E-state index contributed by atoms with van der Waals surface area (Å²) in [6, 6.07) is 0. The highest BCUT2D eigenvalue weighted by Crippen LogP contribution is 2.59. The summed E-state index contributed by atoms with van der Waals surface area (Å²) in [5.74, 6) is 2.95. The molecule has 0 aliphatic heterocycles. The van der Waals surface area contributed by atoms with Gasteiger partial charge in [0.15, 0.2) is 0 Å². The van der Waals surface area contributed by atoms with E-state index < -0.39 is 8.07 Å². The average molecular weight is 138 g/mol. The van der Waals surface area contributed by atoms with Gasteiger partial charge in [0.05, 0.1) is 8.07 Å². The van der Waals surface area contributed by atoms with E-state index in [1.165, 1.54) is 12.8 Å². The van der Waals surface area contributed by atoms with Gasteiger partial charge in [-0.2, -0.15) is 0 Å². The molecule has 0 heterocycles. The zero-order valence-electron chi connectivity index (χ0n) is 6.49. The van der Waals surface area contributed by atoms with Crippen molar-refractivity contribution in [2.45, 2.75) is 37.5 Å². The van der Waals surface area contributed by atoms with Crippen molar-refractivity contribution in [2.75, 3.05) is 0 Å². The predicted octanol–water partition coefficient (Wildman–Crippen LogP) is 2.49. The van der Waals surface area contributed by atoms with Crippen LogP contribution in [0.4, 0.5) is 0 Å². The minimum absolute atomic E-state index is 0.396. The lowest BCUT2D eigenvalue weighted by molar-refractivity contribution is 1.11. The van der Waals surface area contributed by atoms with Gasteiger partial charge in [0.25, 0.3) is 0 Å². The van der Waals surface area contributed by atoms with Crippen molar-refractivity contribution < 1.29 is 0 Å². The maximum Gasteiger partial charge on any atom is 0.0651 e. The van der Waals surface area contributed by atoms with Crippen LogP contribution in [0.15, 0.2) is 0 Å². The molecular formula is C8H14Si. The molecule has 0 spiro atoms. The molecule has 0 bridgehead atoms. The van der Waals surface area contributed by atoms with Gasteiger partial charge in [-0.25, -0.2) is 0 Å². The third-order valence-electron chi connectivity index (χ3n) is 2.46. The fourth-order valence-electron chi connectivity index (χ4n) is 1.24. The second-order valence-corrected chi connectivity index (χ2v) is 9.43. The highest BCUT2D eigenvalue weighted by molar-refractivity contribution is 6.80. The second-order valence-electron chi connectivity index (χ2n) is 3.98. The summed E-state index contributed by atoms with van der Waals surface area (Å²) in [6.07, 6.45) is 8.02. The Morgan fingerprint density at radius 3 is 1.78 bits per heavy atom. The molecule has 1 aliphatic rings. The Kier molecular flexibility index (Phi) is 1.25. The molecule has 0 saturated heterocycles. The standard InChI is InChI=1S/C8H14Si/c1-5-8(6-7-8)9(2,3)4/h1H,6-7H2,2-4H3. The Labute approximate surface area is 58.7 Å². The fourth-order valence-corrected chi connectivity index (χ4v) is 3.29. The first-order valence-electron chi connectivity index (χ1n) is 3.50. The quantitative estimate of drug-likeness (QED) is 0.386. The molecule has 50 valence electrons. The maximum atomic E-state index is 5.44. The first-order valence-corrected chi connectivity index (χ1v) is 7.00. The number of hydrogen-bond donors (Lipinski definition) is 0. The lowest BCUT2D eigenvalue weighted by Gasteiger charge is -2.22. The third kappa shape index (κ3) is 0.922. The Hall–Kier alpha value is -0.223. The van der Waals surface area contributed by atoms with Gasteiger partial charge in [-0.3, -0.25) is 0 Å². The van der Waals surface area contributed by atoms with Crippen LogP contribution in [0.3, 0.4) is 0 Å². The Balaban J connectivity index is 2.75. The first-order chi connectivity index (χ1) is 4.02. The summed E-state index contributed by atoms with van der Waals surface area (Å²) in [7, 11) is -1.01. The molecule has 0 radical (unpaired) electrons. The van der Waals surface area contributed by atoms with E-state index in [9.17, 15) is 0 Å².